The predicted octanol–water partition coefficient (Wildman–Crippen LogP) is 3.02. The van der Waals surface area contributed by atoms with Crippen molar-refractivity contribution in [2.24, 2.45) is 0 Å². The monoisotopic (exact) mass is 343 g/mol. The Kier molecular flexibility index (Phi) is 5.62. The van der Waals surface area contributed by atoms with Crippen LogP contribution in [-0.2, 0) is 21.9 Å². The molecule has 1 N–H and O–H groups in total. The number of nitrogens with one attached hydrogen (secondary N) is 1. The van der Waals surface area contributed by atoms with Crippen LogP contribution in [0.5, 0.6) is 0 Å². The summed E-state index contributed by atoms with van der Waals surface area (Å²) in [7, 11) is 1.09. The molecule has 0 aliphatic rings. The summed E-state index contributed by atoms with van der Waals surface area (Å²) in [5.41, 5.74) is -3.99. The van der Waals surface area contributed by atoms with Gasteiger partial charge in [-0.3, -0.25) is 9.59 Å². The Morgan fingerprint density at radius 2 is 1.48 bits per heavy atom. The molecule has 4 nitrogen and oxygen atoms in total. The molecular formula is C13H11F6NO3. The summed E-state index contributed by atoms with van der Waals surface area (Å²) in [6.45, 7) is -0.289. The van der Waals surface area contributed by atoms with Gasteiger partial charge in [-0.2, -0.15) is 26.3 Å². The van der Waals surface area contributed by atoms with Gasteiger partial charge in [0, 0.05) is 12.1 Å². The molecule has 0 heterocycles. The Morgan fingerprint density at radius 3 is 1.87 bits per heavy atom. The van der Waals surface area contributed by atoms with E-state index in [0.717, 1.165) is 7.11 Å². The van der Waals surface area contributed by atoms with Crippen LogP contribution < -0.4 is 5.32 Å². The minimum atomic E-state index is -5.04. The summed E-state index contributed by atoms with van der Waals surface area (Å²) in [4.78, 5) is 22.5. The minimum absolute atomic E-state index is 0.0781. The first-order chi connectivity index (χ1) is 10.4. The molecule has 1 aromatic rings. The van der Waals surface area contributed by atoms with Gasteiger partial charge in [0.25, 0.3) is 5.91 Å². The van der Waals surface area contributed by atoms with Crippen LogP contribution in [0, 0.1) is 0 Å². The second kappa shape index (κ2) is 6.88. The summed E-state index contributed by atoms with van der Waals surface area (Å²) in [6, 6.07) is 0.538. The first kappa shape index (κ1) is 18.8. The lowest BCUT2D eigenvalue weighted by Gasteiger charge is -2.14. The third-order valence-corrected chi connectivity index (χ3v) is 2.69. The van der Waals surface area contributed by atoms with Gasteiger partial charge in [-0.1, -0.05) is 0 Å². The van der Waals surface area contributed by atoms with Crippen LogP contribution in [0.2, 0.25) is 0 Å². The summed E-state index contributed by atoms with van der Waals surface area (Å²) in [5.74, 6) is -1.85. The molecule has 1 amide bonds. The molecule has 0 spiro atoms. The molecule has 0 saturated carbocycles. The van der Waals surface area contributed by atoms with Crippen molar-refractivity contribution in [3.63, 3.8) is 0 Å². The third kappa shape index (κ3) is 5.46. The molecule has 0 unspecified atom stereocenters. The molecular weight excluding hydrogens is 332 g/mol. The summed E-state index contributed by atoms with van der Waals surface area (Å²) in [5, 5.41) is 2.05. The summed E-state index contributed by atoms with van der Waals surface area (Å²) in [6.07, 6.45) is -10.3. The Bertz CT molecular complexity index is 562. The highest BCUT2D eigenvalue weighted by atomic mass is 19.4. The van der Waals surface area contributed by atoms with E-state index in [1.54, 1.807) is 0 Å². The van der Waals surface area contributed by atoms with Gasteiger partial charge in [0.1, 0.15) is 0 Å². The average Bonchev–Trinajstić information content (AvgIpc) is 2.44. The van der Waals surface area contributed by atoms with E-state index in [-0.39, 0.29) is 19.0 Å². The van der Waals surface area contributed by atoms with Crippen molar-refractivity contribution in [2.75, 3.05) is 13.7 Å². The highest BCUT2D eigenvalue weighted by Gasteiger charge is 2.37. The van der Waals surface area contributed by atoms with Crippen LogP contribution in [0.3, 0.4) is 0 Å². The lowest BCUT2D eigenvalue weighted by Crippen LogP contribution is -2.27. The zero-order valence-electron chi connectivity index (χ0n) is 11.6. The molecule has 0 atom stereocenters. The van der Waals surface area contributed by atoms with Crippen LogP contribution in [-0.4, -0.2) is 25.5 Å². The number of benzene rings is 1. The van der Waals surface area contributed by atoms with E-state index in [9.17, 15) is 35.9 Å². The summed E-state index contributed by atoms with van der Waals surface area (Å²) >= 11 is 0. The minimum Gasteiger partial charge on any atom is -0.469 e. The number of halogens is 6. The SMILES string of the molecule is COC(=O)CCNC(=O)c1cc(C(F)(F)F)cc(C(F)(F)F)c1. The van der Waals surface area contributed by atoms with E-state index in [1.807, 2.05) is 5.32 Å². The number of ether oxygens (including phenoxy) is 1. The fourth-order valence-corrected chi connectivity index (χ4v) is 1.57. The van der Waals surface area contributed by atoms with Crippen molar-refractivity contribution in [3.05, 3.63) is 34.9 Å². The highest BCUT2D eigenvalue weighted by Crippen LogP contribution is 2.36. The van der Waals surface area contributed by atoms with Crippen molar-refractivity contribution in [1.82, 2.24) is 5.32 Å². The molecule has 10 heteroatoms. The van der Waals surface area contributed by atoms with E-state index < -0.39 is 40.9 Å². The molecule has 0 aromatic heterocycles. The molecule has 0 bridgehead atoms. The van der Waals surface area contributed by atoms with Gasteiger partial charge >= 0.3 is 18.3 Å². The number of rotatable bonds is 4. The maximum Gasteiger partial charge on any atom is 0.416 e. The number of methoxy groups -OCH3 is 1. The van der Waals surface area contributed by atoms with Crippen molar-refractivity contribution < 1.29 is 40.7 Å². The van der Waals surface area contributed by atoms with Gasteiger partial charge < -0.3 is 10.1 Å². The Hall–Kier alpha value is -2.26. The largest absolute Gasteiger partial charge is 0.469 e. The number of hydrogen-bond donors (Lipinski definition) is 1. The first-order valence-corrected chi connectivity index (χ1v) is 6.09. The van der Waals surface area contributed by atoms with Gasteiger partial charge in [0.05, 0.1) is 24.7 Å². The zero-order valence-corrected chi connectivity index (χ0v) is 11.6. The molecule has 1 aromatic carbocycles. The lowest BCUT2D eigenvalue weighted by molar-refractivity contribution is -0.143. The molecule has 1 rings (SSSR count). The smallest absolute Gasteiger partial charge is 0.416 e. The van der Waals surface area contributed by atoms with Crippen molar-refractivity contribution in [2.45, 2.75) is 18.8 Å². The number of carbonyl (C=O) groups excluding carboxylic acids is 2. The molecule has 0 aliphatic heterocycles. The number of alkyl halides is 6. The lowest BCUT2D eigenvalue weighted by atomic mass is 10.0. The topological polar surface area (TPSA) is 55.4 Å². The van der Waals surface area contributed by atoms with Crippen molar-refractivity contribution in [1.29, 1.82) is 0 Å². The highest BCUT2D eigenvalue weighted by molar-refractivity contribution is 5.94. The second-order valence-electron chi connectivity index (χ2n) is 4.38. The van der Waals surface area contributed by atoms with Gasteiger partial charge in [-0.15, -0.1) is 0 Å². The third-order valence-electron chi connectivity index (χ3n) is 2.69. The van der Waals surface area contributed by atoms with Crippen molar-refractivity contribution in [3.8, 4) is 0 Å². The van der Waals surface area contributed by atoms with E-state index in [1.165, 1.54) is 0 Å². The van der Waals surface area contributed by atoms with Gasteiger partial charge in [0.2, 0.25) is 0 Å². The van der Waals surface area contributed by atoms with Crippen LogP contribution in [0.4, 0.5) is 26.3 Å². The van der Waals surface area contributed by atoms with Crippen LogP contribution in [0.1, 0.15) is 27.9 Å². The Labute approximate surface area is 126 Å². The first-order valence-electron chi connectivity index (χ1n) is 6.09. The number of hydrogen-bond acceptors (Lipinski definition) is 3. The molecule has 23 heavy (non-hydrogen) atoms. The average molecular weight is 343 g/mol. The standard InChI is InChI=1S/C13H11F6NO3/c1-23-10(21)2-3-20-11(22)7-4-8(12(14,15)16)6-9(5-7)13(17,18)19/h4-6H,2-3H2,1H3,(H,20,22). The molecule has 0 fully saturated rings. The maximum absolute atomic E-state index is 12.6. The van der Waals surface area contributed by atoms with Gasteiger partial charge in [0.15, 0.2) is 0 Å². The molecule has 128 valence electrons. The maximum atomic E-state index is 12.6. The fourth-order valence-electron chi connectivity index (χ4n) is 1.57. The number of carbonyl (C=O) groups is 2. The van der Waals surface area contributed by atoms with Crippen LogP contribution >= 0.6 is 0 Å². The van der Waals surface area contributed by atoms with Crippen molar-refractivity contribution >= 4 is 11.9 Å². The van der Waals surface area contributed by atoms with E-state index >= 15 is 0 Å². The second-order valence-corrected chi connectivity index (χ2v) is 4.38. The van der Waals surface area contributed by atoms with Crippen LogP contribution in [0.25, 0.3) is 0 Å². The molecule has 0 aliphatic carbocycles. The molecule has 0 saturated heterocycles. The number of amides is 1. The Balaban J connectivity index is 3.05. The van der Waals surface area contributed by atoms with Crippen LogP contribution in [0.15, 0.2) is 18.2 Å². The van der Waals surface area contributed by atoms with E-state index in [0.29, 0.717) is 12.1 Å². The fraction of sp³-hybridized carbons (Fsp3) is 0.385. The number of esters is 1. The zero-order chi connectivity index (χ0) is 17.8. The predicted molar refractivity (Wildman–Crippen MR) is 65.4 cm³/mol. The molecule has 0 radical (unpaired) electrons. The summed E-state index contributed by atoms with van der Waals surface area (Å²) < 4.78 is 80.1. The van der Waals surface area contributed by atoms with E-state index in [4.69, 9.17) is 0 Å². The van der Waals surface area contributed by atoms with Gasteiger partial charge in [-0.25, -0.2) is 0 Å². The van der Waals surface area contributed by atoms with Gasteiger partial charge in [-0.05, 0) is 18.2 Å². The Morgan fingerprint density at radius 1 is 1.00 bits per heavy atom. The quantitative estimate of drug-likeness (QED) is 0.675. The van der Waals surface area contributed by atoms with E-state index in [2.05, 4.69) is 4.74 Å². The normalized spacial score (nSPS) is 12.0.